The van der Waals surface area contributed by atoms with Crippen molar-refractivity contribution in [2.24, 2.45) is 0 Å². The van der Waals surface area contributed by atoms with Crippen molar-refractivity contribution in [2.75, 3.05) is 13.1 Å². The molecule has 1 heterocycles. The molecule has 1 aliphatic heterocycles. The summed E-state index contributed by atoms with van der Waals surface area (Å²) in [6.07, 6.45) is 3.24. The van der Waals surface area contributed by atoms with Crippen molar-refractivity contribution in [3.8, 4) is 0 Å². The van der Waals surface area contributed by atoms with Crippen molar-refractivity contribution in [2.45, 2.75) is 46.3 Å². The lowest BCUT2D eigenvalue weighted by Gasteiger charge is -2.23. The Kier molecular flexibility index (Phi) is 7.16. The van der Waals surface area contributed by atoms with E-state index in [1.54, 1.807) is 26.0 Å². The molecule has 1 aromatic carbocycles. The highest BCUT2D eigenvalue weighted by molar-refractivity contribution is 5.88. The SMILES string of the molecule is CC(=O)/C=C(/C)N[C@@H]1CN(Cc2ccccc2)C[C@H]1N/C(C)=C\C(C)=O. The van der Waals surface area contributed by atoms with Crippen LogP contribution in [0.2, 0.25) is 0 Å². The van der Waals surface area contributed by atoms with Crippen LogP contribution in [0.15, 0.2) is 53.9 Å². The second kappa shape index (κ2) is 9.34. The first-order valence-corrected chi connectivity index (χ1v) is 9.00. The topological polar surface area (TPSA) is 61.4 Å². The molecule has 2 atom stereocenters. The number of carbonyl (C=O) groups is 2. The predicted molar refractivity (Wildman–Crippen MR) is 104 cm³/mol. The molecule has 5 nitrogen and oxygen atoms in total. The van der Waals surface area contributed by atoms with Gasteiger partial charge in [-0.1, -0.05) is 30.3 Å². The fraction of sp³-hybridized carbons (Fsp3) is 0.429. The summed E-state index contributed by atoms with van der Waals surface area (Å²) in [5.41, 5.74) is 3.01. The normalized spacial score (nSPS) is 21.5. The number of benzene rings is 1. The zero-order valence-electron chi connectivity index (χ0n) is 16.1. The Morgan fingerprint density at radius 2 is 1.38 bits per heavy atom. The van der Waals surface area contributed by atoms with Gasteiger partial charge in [0.05, 0.1) is 12.1 Å². The van der Waals surface area contributed by atoms with Crippen LogP contribution in [-0.4, -0.2) is 41.6 Å². The third-order valence-corrected chi connectivity index (χ3v) is 4.31. The summed E-state index contributed by atoms with van der Waals surface area (Å²) < 4.78 is 0. The van der Waals surface area contributed by atoms with Crippen LogP contribution in [0.4, 0.5) is 0 Å². The van der Waals surface area contributed by atoms with Crippen LogP contribution in [0.1, 0.15) is 33.3 Å². The van der Waals surface area contributed by atoms with E-state index in [1.165, 1.54) is 5.56 Å². The lowest BCUT2D eigenvalue weighted by molar-refractivity contribution is -0.113. The van der Waals surface area contributed by atoms with E-state index in [1.807, 2.05) is 19.9 Å². The summed E-state index contributed by atoms with van der Waals surface area (Å²) >= 11 is 0. The largest absolute Gasteiger partial charge is 0.382 e. The van der Waals surface area contributed by atoms with E-state index in [-0.39, 0.29) is 23.7 Å². The Bertz CT molecular complexity index is 654. The summed E-state index contributed by atoms with van der Waals surface area (Å²) in [5.74, 6) is 0.0672. The van der Waals surface area contributed by atoms with Gasteiger partial charge in [0, 0.05) is 31.0 Å². The quantitative estimate of drug-likeness (QED) is 0.701. The summed E-state index contributed by atoms with van der Waals surface area (Å²) in [6, 6.07) is 10.7. The molecule has 26 heavy (non-hydrogen) atoms. The smallest absolute Gasteiger partial charge is 0.154 e. The van der Waals surface area contributed by atoms with Crippen LogP contribution in [0.3, 0.4) is 0 Å². The van der Waals surface area contributed by atoms with Gasteiger partial charge in [-0.3, -0.25) is 14.5 Å². The zero-order valence-corrected chi connectivity index (χ0v) is 16.1. The van der Waals surface area contributed by atoms with Gasteiger partial charge in [0.25, 0.3) is 0 Å². The number of hydrogen-bond acceptors (Lipinski definition) is 5. The number of allylic oxidation sites excluding steroid dienone is 4. The molecule has 1 aromatic rings. The average molecular weight is 355 g/mol. The maximum Gasteiger partial charge on any atom is 0.154 e. The third-order valence-electron chi connectivity index (χ3n) is 4.31. The van der Waals surface area contributed by atoms with Gasteiger partial charge < -0.3 is 10.6 Å². The molecular formula is C21H29N3O2. The fourth-order valence-corrected chi connectivity index (χ4v) is 3.43. The molecule has 140 valence electrons. The number of ketones is 2. The Labute approximate surface area is 156 Å². The number of nitrogens with one attached hydrogen (secondary N) is 2. The highest BCUT2D eigenvalue weighted by Gasteiger charge is 2.32. The first-order chi connectivity index (χ1) is 12.3. The lowest BCUT2D eigenvalue weighted by Crippen LogP contribution is -2.45. The summed E-state index contributed by atoms with van der Waals surface area (Å²) in [4.78, 5) is 25.0. The molecule has 0 spiro atoms. The average Bonchev–Trinajstić information content (AvgIpc) is 2.87. The van der Waals surface area contributed by atoms with Gasteiger partial charge >= 0.3 is 0 Å². The van der Waals surface area contributed by atoms with E-state index >= 15 is 0 Å². The molecule has 0 amide bonds. The van der Waals surface area contributed by atoms with Crippen molar-refractivity contribution < 1.29 is 9.59 Å². The van der Waals surface area contributed by atoms with Crippen LogP contribution in [-0.2, 0) is 16.1 Å². The molecule has 0 unspecified atom stereocenters. The van der Waals surface area contributed by atoms with Crippen molar-refractivity contribution in [3.63, 3.8) is 0 Å². The van der Waals surface area contributed by atoms with Gasteiger partial charge in [-0.15, -0.1) is 0 Å². The number of likely N-dealkylation sites (tertiary alicyclic amines) is 1. The van der Waals surface area contributed by atoms with Crippen LogP contribution in [0.25, 0.3) is 0 Å². The summed E-state index contributed by atoms with van der Waals surface area (Å²) in [6.45, 7) is 9.54. The Morgan fingerprint density at radius 1 is 0.923 bits per heavy atom. The van der Waals surface area contributed by atoms with E-state index in [9.17, 15) is 9.59 Å². The molecule has 1 aliphatic rings. The summed E-state index contributed by atoms with van der Waals surface area (Å²) in [5, 5.41) is 6.92. The number of rotatable bonds is 8. The van der Waals surface area contributed by atoms with Crippen molar-refractivity contribution in [3.05, 3.63) is 59.4 Å². The summed E-state index contributed by atoms with van der Waals surface area (Å²) in [7, 11) is 0. The maximum absolute atomic E-state index is 11.3. The molecule has 0 aliphatic carbocycles. The molecule has 1 saturated heterocycles. The molecule has 0 bridgehead atoms. The van der Waals surface area contributed by atoms with E-state index in [0.29, 0.717) is 0 Å². The number of hydrogen-bond donors (Lipinski definition) is 2. The molecule has 2 rings (SSSR count). The molecular weight excluding hydrogens is 326 g/mol. The van der Waals surface area contributed by atoms with Gasteiger partial charge in [-0.2, -0.15) is 0 Å². The molecule has 0 radical (unpaired) electrons. The molecule has 0 aromatic heterocycles. The van der Waals surface area contributed by atoms with Crippen LogP contribution >= 0.6 is 0 Å². The minimum atomic E-state index is 0.0336. The van der Waals surface area contributed by atoms with Crippen molar-refractivity contribution in [1.29, 1.82) is 0 Å². The fourth-order valence-electron chi connectivity index (χ4n) is 3.43. The van der Waals surface area contributed by atoms with E-state index in [4.69, 9.17) is 0 Å². The monoisotopic (exact) mass is 355 g/mol. The van der Waals surface area contributed by atoms with Gasteiger partial charge in [-0.05, 0) is 45.4 Å². The van der Waals surface area contributed by atoms with Gasteiger partial charge in [0.15, 0.2) is 11.6 Å². The third kappa shape index (κ3) is 6.48. The first kappa shape index (κ1) is 19.9. The Hall–Kier alpha value is -2.40. The molecule has 0 saturated carbocycles. The second-order valence-electron chi connectivity index (χ2n) is 7.06. The van der Waals surface area contributed by atoms with Gasteiger partial charge in [0.2, 0.25) is 0 Å². The van der Waals surface area contributed by atoms with E-state index in [2.05, 4.69) is 39.8 Å². The molecule has 1 fully saturated rings. The van der Waals surface area contributed by atoms with E-state index in [0.717, 1.165) is 31.0 Å². The van der Waals surface area contributed by atoms with Crippen molar-refractivity contribution in [1.82, 2.24) is 15.5 Å². The zero-order chi connectivity index (χ0) is 19.1. The van der Waals surface area contributed by atoms with Gasteiger partial charge in [-0.25, -0.2) is 0 Å². The van der Waals surface area contributed by atoms with Crippen LogP contribution in [0.5, 0.6) is 0 Å². The Morgan fingerprint density at radius 3 is 1.81 bits per heavy atom. The minimum absolute atomic E-state index is 0.0336. The molecule has 2 N–H and O–H groups in total. The lowest BCUT2D eigenvalue weighted by atomic mass is 10.1. The van der Waals surface area contributed by atoms with E-state index < -0.39 is 0 Å². The van der Waals surface area contributed by atoms with Gasteiger partial charge in [0.1, 0.15) is 0 Å². The standard InChI is InChI=1S/C21H29N3O2/c1-15(10-17(3)25)22-20-13-24(12-19-8-6-5-7-9-19)14-21(20)23-16(2)11-18(4)26/h5-11,20-23H,12-14H2,1-4H3/b15-10-,16-11-/t20-,21-/m1/s1. The number of nitrogens with zero attached hydrogens (tertiary/aromatic N) is 1. The second-order valence-corrected chi connectivity index (χ2v) is 7.06. The highest BCUT2D eigenvalue weighted by Crippen LogP contribution is 2.16. The van der Waals surface area contributed by atoms with Crippen LogP contribution < -0.4 is 10.6 Å². The Balaban J connectivity index is 2.09. The molecule has 5 heteroatoms. The number of carbonyl (C=O) groups excluding carboxylic acids is 2. The highest BCUT2D eigenvalue weighted by atomic mass is 16.1. The first-order valence-electron chi connectivity index (χ1n) is 9.00. The van der Waals surface area contributed by atoms with Crippen molar-refractivity contribution >= 4 is 11.6 Å². The van der Waals surface area contributed by atoms with Crippen LogP contribution in [0, 0.1) is 0 Å². The predicted octanol–water partition coefficient (Wildman–Crippen LogP) is 2.40. The maximum atomic E-state index is 11.3. The minimum Gasteiger partial charge on any atom is -0.382 e.